The van der Waals surface area contributed by atoms with Crippen molar-refractivity contribution >= 4 is 27.3 Å². The summed E-state index contributed by atoms with van der Waals surface area (Å²) in [6.07, 6.45) is 4.82. The van der Waals surface area contributed by atoms with Crippen molar-refractivity contribution in [1.82, 2.24) is 5.32 Å². The topological polar surface area (TPSA) is 32.3 Å². The van der Waals surface area contributed by atoms with E-state index in [1.54, 1.807) is 11.3 Å². The van der Waals surface area contributed by atoms with Crippen molar-refractivity contribution in [3.8, 4) is 0 Å². The zero-order valence-electron chi connectivity index (χ0n) is 9.34. The van der Waals surface area contributed by atoms with Gasteiger partial charge in [0.15, 0.2) is 0 Å². The third-order valence-electron chi connectivity index (χ3n) is 3.48. The van der Waals surface area contributed by atoms with Gasteiger partial charge in [0, 0.05) is 34.4 Å². The fraction of sp³-hybridized carbons (Fsp3) is 0.667. The molecule has 0 radical (unpaired) electrons. The van der Waals surface area contributed by atoms with Gasteiger partial charge < -0.3 is 10.4 Å². The van der Waals surface area contributed by atoms with Crippen LogP contribution in [0.3, 0.4) is 0 Å². The lowest BCUT2D eigenvalue weighted by Crippen LogP contribution is -2.40. The van der Waals surface area contributed by atoms with Gasteiger partial charge in [-0.15, -0.1) is 11.3 Å². The largest absolute Gasteiger partial charge is 0.396 e. The summed E-state index contributed by atoms with van der Waals surface area (Å²) in [6, 6.07) is 2.16. The lowest BCUT2D eigenvalue weighted by Gasteiger charge is -2.42. The lowest BCUT2D eigenvalue weighted by atomic mass is 9.67. The number of hydrogen-bond donors (Lipinski definition) is 2. The second-order valence-electron chi connectivity index (χ2n) is 4.66. The first-order valence-corrected chi connectivity index (χ1v) is 7.46. The molecule has 0 aromatic carbocycles. The van der Waals surface area contributed by atoms with Gasteiger partial charge in [-0.1, -0.05) is 6.42 Å². The second kappa shape index (κ2) is 5.63. The molecule has 1 heterocycles. The molecule has 2 rings (SSSR count). The molecule has 0 saturated heterocycles. The summed E-state index contributed by atoms with van der Waals surface area (Å²) in [5.74, 6) is 0. The molecule has 1 aromatic heterocycles. The number of aliphatic hydroxyl groups excluding tert-OH is 1. The standard InChI is InChI=1S/C12H18BrNOS/c13-10-6-11(16-8-10)7-14-9-12(4-5-15)2-1-3-12/h6,8,14-15H,1-5,7,9H2. The van der Waals surface area contributed by atoms with E-state index in [1.165, 1.54) is 28.6 Å². The van der Waals surface area contributed by atoms with Gasteiger partial charge in [0.2, 0.25) is 0 Å². The van der Waals surface area contributed by atoms with E-state index in [9.17, 15) is 0 Å². The van der Waals surface area contributed by atoms with Crippen molar-refractivity contribution in [3.05, 3.63) is 20.8 Å². The predicted octanol–water partition coefficient (Wildman–Crippen LogP) is 3.15. The Balaban J connectivity index is 1.74. The normalized spacial score (nSPS) is 18.4. The first kappa shape index (κ1) is 12.6. The number of halogens is 1. The van der Waals surface area contributed by atoms with Crippen LogP contribution >= 0.6 is 27.3 Å². The van der Waals surface area contributed by atoms with Gasteiger partial charge in [-0.2, -0.15) is 0 Å². The van der Waals surface area contributed by atoms with Crippen molar-refractivity contribution in [2.24, 2.45) is 5.41 Å². The maximum atomic E-state index is 9.05. The van der Waals surface area contributed by atoms with Crippen LogP contribution < -0.4 is 5.32 Å². The van der Waals surface area contributed by atoms with Crippen molar-refractivity contribution in [1.29, 1.82) is 0 Å². The Kier molecular flexibility index (Phi) is 4.41. The van der Waals surface area contributed by atoms with E-state index >= 15 is 0 Å². The molecule has 0 aliphatic heterocycles. The van der Waals surface area contributed by atoms with Gasteiger partial charge in [0.25, 0.3) is 0 Å². The number of aliphatic hydroxyl groups is 1. The van der Waals surface area contributed by atoms with Gasteiger partial charge in [0.1, 0.15) is 0 Å². The molecule has 0 unspecified atom stereocenters. The van der Waals surface area contributed by atoms with Crippen LogP contribution in [0.4, 0.5) is 0 Å². The quantitative estimate of drug-likeness (QED) is 0.846. The van der Waals surface area contributed by atoms with Gasteiger partial charge in [-0.25, -0.2) is 0 Å². The van der Waals surface area contributed by atoms with Crippen LogP contribution in [-0.2, 0) is 6.54 Å². The number of thiophene rings is 1. The smallest absolute Gasteiger partial charge is 0.0436 e. The second-order valence-corrected chi connectivity index (χ2v) is 6.57. The van der Waals surface area contributed by atoms with Gasteiger partial charge in [0.05, 0.1) is 0 Å². The molecule has 1 aromatic rings. The molecule has 90 valence electrons. The fourth-order valence-electron chi connectivity index (χ4n) is 2.33. The average Bonchev–Trinajstić information content (AvgIpc) is 2.60. The number of rotatable bonds is 6. The zero-order chi connectivity index (χ0) is 11.4. The van der Waals surface area contributed by atoms with Crippen LogP contribution in [0.15, 0.2) is 15.9 Å². The van der Waals surface area contributed by atoms with Crippen LogP contribution in [0, 0.1) is 5.41 Å². The lowest BCUT2D eigenvalue weighted by molar-refractivity contribution is 0.0860. The van der Waals surface area contributed by atoms with Crippen molar-refractivity contribution in [3.63, 3.8) is 0 Å². The van der Waals surface area contributed by atoms with Crippen molar-refractivity contribution in [2.45, 2.75) is 32.2 Å². The minimum Gasteiger partial charge on any atom is -0.396 e. The highest BCUT2D eigenvalue weighted by atomic mass is 79.9. The molecule has 0 bridgehead atoms. The highest BCUT2D eigenvalue weighted by Gasteiger charge is 2.35. The summed E-state index contributed by atoms with van der Waals surface area (Å²) >= 11 is 5.24. The van der Waals surface area contributed by atoms with E-state index in [-0.39, 0.29) is 0 Å². The van der Waals surface area contributed by atoms with E-state index in [0.717, 1.165) is 19.5 Å². The molecule has 0 amide bonds. The first-order chi connectivity index (χ1) is 7.74. The number of hydrogen-bond acceptors (Lipinski definition) is 3. The minimum atomic E-state index is 0.326. The maximum absolute atomic E-state index is 9.05. The van der Waals surface area contributed by atoms with Crippen LogP contribution in [0.1, 0.15) is 30.6 Å². The Morgan fingerprint density at radius 2 is 2.31 bits per heavy atom. The molecular formula is C12H18BrNOS. The molecule has 1 aliphatic carbocycles. The summed E-state index contributed by atoms with van der Waals surface area (Å²) in [5, 5.41) is 14.7. The zero-order valence-corrected chi connectivity index (χ0v) is 11.7. The number of nitrogens with one attached hydrogen (secondary N) is 1. The Hall–Kier alpha value is 0.1000. The summed E-state index contributed by atoms with van der Waals surface area (Å²) in [4.78, 5) is 1.37. The van der Waals surface area contributed by atoms with Crippen molar-refractivity contribution in [2.75, 3.05) is 13.2 Å². The van der Waals surface area contributed by atoms with E-state index < -0.39 is 0 Å². The van der Waals surface area contributed by atoms with Crippen LogP contribution in [0.5, 0.6) is 0 Å². The average molecular weight is 304 g/mol. The van der Waals surface area contributed by atoms with Crippen LogP contribution in [0.25, 0.3) is 0 Å². The molecule has 4 heteroatoms. The van der Waals surface area contributed by atoms with E-state index in [0.29, 0.717) is 12.0 Å². The summed E-state index contributed by atoms with van der Waals surface area (Å²) < 4.78 is 1.17. The molecule has 16 heavy (non-hydrogen) atoms. The maximum Gasteiger partial charge on any atom is 0.0436 e. The Morgan fingerprint density at radius 1 is 1.50 bits per heavy atom. The summed E-state index contributed by atoms with van der Waals surface area (Å²) in [7, 11) is 0. The highest BCUT2D eigenvalue weighted by Crippen LogP contribution is 2.43. The molecule has 1 saturated carbocycles. The fourth-order valence-corrected chi connectivity index (χ4v) is 3.75. The SMILES string of the molecule is OCCC1(CNCc2cc(Br)cs2)CCC1. The molecule has 2 N–H and O–H groups in total. The molecule has 0 atom stereocenters. The van der Waals surface area contributed by atoms with E-state index in [1.807, 2.05) is 0 Å². The molecular weight excluding hydrogens is 286 g/mol. The predicted molar refractivity (Wildman–Crippen MR) is 71.7 cm³/mol. The third kappa shape index (κ3) is 3.06. The summed E-state index contributed by atoms with van der Waals surface area (Å²) in [6.45, 7) is 2.32. The minimum absolute atomic E-state index is 0.326. The van der Waals surface area contributed by atoms with E-state index in [4.69, 9.17) is 5.11 Å². The summed E-state index contributed by atoms with van der Waals surface area (Å²) in [5.41, 5.74) is 0.392. The first-order valence-electron chi connectivity index (χ1n) is 5.79. The Bertz CT molecular complexity index is 336. The van der Waals surface area contributed by atoms with Gasteiger partial charge >= 0.3 is 0 Å². The molecule has 1 aliphatic rings. The monoisotopic (exact) mass is 303 g/mol. The highest BCUT2D eigenvalue weighted by molar-refractivity contribution is 9.10. The molecule has 0 spiro atoms. The Morgan fingerprint density at radius 3 is 2.81 bits per heavy atom. The van der Waals surface area contributed by atoms with Gasteiger partial charge in [-0.05, 0) is 46.7 Å². The van der Waals surface area contributed by atoms with Gasteiger partial charge in [-0.3, -0.25) is 0 Å². The third-order valence-corrected chi connectivity index (χ3v) is 5.17. The molecule has 1 fully saturated rings. The van der Waals surface area contributed by atoms with E-state index in [2.05, 4.69) is 32.7 Å². The Labute approximate surface area is 109 Å². The van der Waals surface area contributed by atoms with Crippen molar-refractivity contribution < 1.29 is 5.11 Å². The van der Waals surface area contributed by atoms with Crippen LogP contribution in [-0.4, -0.2) is 18.3 Å². The van der Waals surface area contributed by atoms with Crippen LogP contribution in [0.2, 0.25) is 0 Å². The molecule has 2 nitrogen and oxygen atoms in total.